The molecule has 1 saturated heterocycles. The van der Waals surface area contributed by atoms with E-state index in [2.05, 4.69) is 29.2 Å². The van der Waals surface area contributed by atoms with Crippen molar-refractivity contribution in [1.82, 2.24) is 25.3 Å². The summed E-state index contributed by atoms with van der Waals surface area (Å²) in [6.07, 6.45) is 3.69. The van der Waals surface area contributed by atoms with Gasteiger partial charge in [0, 0.05) is 52.3 Å². The summed E-state index contributed by atoms with van der Waals surface area (Å²) in [5.41, 5.74) is 8.18. The summed E-state index contributed by atoms with van der Waals surface area (Å²) in [4.78, 5) is 61.0. The molecule has 9 atom stereocenters. The van der Waals surface area contributed by atoms with Crippen molar-refractivity contribution in [2.75, 3.05) is 59.4 Å². The maximum Gasteiger partial charge on any atom is 0.245 e. The highest BCUT2D eigenvalue weighted by Gasteiger charge is 2.43. The molecular formula is C41H73N7O6S. The van der Waals surface area contributed by atoms with Crippen LogP contribution in [0.25, 0.3) is 0 Å². The zero-order chi connectivity index (χ0) is 41.6. The number of nitrogens with one attached hydrogen (secondary N) is 3. The molecular weight excluding hydrogens is 719 g/mol. The lowest BCUT2D eigenvalue weighted by atomic mass is 9.89. The maximum atomic E-state index is 14.2. The number of rotatable bonds is 23. The smallest absolute Gasteiger partial charge is 0.245 e. The quantitative estimate of drug-likeness (QED) is 0.120. The van der Waals surface area contributed by atoms with E-state index in [1.165, 1.54) is 11.9 Å². The number of likely N-dealkylation sites (N-methyl/N-ethyl adjacent to an activating group) is 2. The van der Waals surface area contributed by atoms with E-state index in [1.807, 2.05) is 89.0 Å². The molecule has 0 spiro atoms. The van der Waals surface area contributed by atoms with Crippen LogP contribution in [0.1, 0.15) is 79.7 Å². The first kappa shape index (κ1) is 48.2. The van der Waals surface area contributed by atoms with Gasteiger partial charge >= 0.3 is 0 Å². The van der Waals surface area contributed by atoms with Crippen LogP contribution in [0.5, 0.6) is 0 Å². The first-order valence-electron chi connectivity index (χ1n) is 19.9. The van der Waals surface area contributed by atoms with Gasteiger partial charge in [-0.15, -0.1) is 0 Å². The Morgan fingerprint density at radius 2 is 1.58 bits per heavy atom. The van der Waals surface area contributed by atoms with Gasteiger partial charge in [0.15, 0.2) is 0 Å². The van der Waals surface area contributed by atoms with E-state index < -0.39 is 30.2 Å². The van der Waals surface area contributed by atoms with Crippen molar-refractivity contribution >= 4 is 41.3 Å². The highest BCUT2D eigenvalue weighted by atomic mass is 32.2. The lowest BCUT2D eigenvalue weighted by Gasteiger charge is -2.41. The van der Waals surface area contributed by atoms with Crippen LogP contribution in [0.15, 0.2) is 24.3 Å². The molecule has 1 heterocycles. The van der Waals surface area contributed by atoms with Crippen molar-refractivity contribution in [3.63, 3.8) is 0 Å². The van der Waals surface area contributed by atoms with Crippen LogP contribution in [0.2, 0.25) is 0 Å². The molecule has 1 aromatic carbocycles. The van der Waals surface area contributed by atoms with Gasteiger partial charge in [0.1, 0.15) is 6.04 Å². The minimum Gasteiger partial charge on any atom is -0.379 e. The maximum absolute atomic E-state index is 14.2. The number of hydrogen-bond acceptors (Lipinski definition) is 10. The van der Waals surface area contributed by atoms with Gasteiger partial charge in [0.2, 0.25) is 23.6 Å². The summed E-state index contributed by atoms with van der Waals surface area (Å²) in [7, 11) is 8.63. The number of carbonyl (C=O) groups excluding carboxylic acids is 4. The Balaban J connectivity index is 2.23. The standard InChI is InChI=1S/C41H73N7O6S/c1-14-27(6)37(47(10)41(52)35(25(2)3)44-40(51)36(26(4)5)46(8)9)33(53-11)23-34(49)48-21-15-16-32(48)38(54-12)28(7)39(50)43-31(24-42)22-29-17-19-30(20-18-29)45-55-13/h17-20,25-28,31-33,35-38,45H,14-16,21-24,42H2,1-13H3,(H,43,50)(H,44,51)/t27-,28+,31-,32-,33+,35-,36-,37-,38+/m0/s1. The number of nitrogens with two attached hydrogens (primary N) is 1. The third-order valence-electron chi connectivity index (χ3n) is 11.2. The number of methoxy groups -OCH3 is 2. The summed E-state index contributed by atoms with van der Waals surface area (Å²) < 4.78 is 15.2. The number of carbonyl (C=O) groups is 4. The Morgan fingerprint density at radius 1 is 0.945 bits per heavy atom. The molecule has 1 fully saturated rings. The van der Waals surface area contributed by atoms with E-state index in [-0.39, 0.29) is 72.5 Å². The molecule has 1 aromatic rings. The predicted molar refractivity (Wildman–Crippen MR) is 223 cm³/mol. The number of hydrogen-bond donors (Lipinski definition) is 4. The zero-order valence-corrected chi connectivity index (χ0v) is 36.7. The average Bonchev–Trinajstić information content (AvgIpc) is 3.63. The van der Waals surface area contributed by atoms with E-state index >= 15 is 0 Å². The third-order valence-corrected chi connectivity index (χ3v) is 11.7. The Bertz CT molecular complexity index is 1340. The van der Waals surface area contributed by atoms with Crippen molar-refractivity contribution in [1.29, 1.82) is 0 Å². The average molecular weight is 792 g/mol. The van der Waals surface area contributed by atoms with Crippen LogP contribution in [-0.2, 0) is 35.1 Å². The van der Waals surface area contributed by atoms with Gasteiger partial charge in [0.05, 0.1) is 42.7 Å². The number of amides is 4. The van der Waals surface area contributed by atoms with Crippen molar-refractivity contribution in [3.8, 4) is 0 Å². The summed E-state index contributed by atoms with van der Waals surface area (Å²) >= 11 is 1.52. The number of anilines is 1. The van der Waals surface area contributed by atoms with Crippen molar-refractivity contribution in [2.45, 2.75) is 123 Å². The van der Waals surface area contributed by atoms with Gasteiger partial charge in [-0.2, -0.15) is 0 Å². The first-order chi connectivity index (χ1) is 26.0. The lowest BCUT2D eigenvalue weighted by molar-refractivity contribution is -0.148. The monoisotopic (exact) mass is 792 g/mol. The van der Waals surface area contributed by atoms with Crippen molar-refractivity contribution in [3.05, 3.63) is 29.8 Å². The van der Waals surface area contributed by atoms with Gasteiger partial charge < -0.3 is 40.4 Å². The molecule has 5 N–H and O–H groups in total. The van der Waals surface area contributed by atoms with Gasteiger partial charge in [-0.1, -0.05) is 79.0 Å². The molecule has 1 aliphatic rings. The zero-order valence-electron chi connectivity index (χ0n) is 35.9. The highest BCUT2D eigenvalue weighted by molar-refractivity contribution is 7.99. The molecule has 55 heavy (non-hydrogen) atoms. The largest absolute Gasteiger partial charge is 0.379 e. The van der Waals surface area contributed by atoms with Crippen molar-refractivity contribution in [2.24, 2.45) is 29.4 Å². The lowest BCUT2D eigenvalue weighted by Crippen LogP contribution is -2.59. The summed E-state index contributed by atoms with van der Waals surface area (Å²) in [6.45, 7) is 14.6. The minimum atomic E-state index is -0.752. The van der Waals surface area contributed by atoms with Crippen LogP contribution < -0.4 is 21.1 Å². The molecule has 314 valence electrons. The molecule has 0 radical (unpaired) electrons. The summed E-state index contributed by atoms with van der Waals surface area (Å²) in [5, 5.41) is 6.18. The van der Waals surface area contributed by atoms with Crippen LogP contribution in [-0.4, -0.2) is 135 Å². The Morgan fingerprint density at radius 3 is 2.07 bits per heavy atom. The molecule has 4 amide bonds. The van der Waals surface area contributed by atoms with Crippen molar-refractivity contribution < 1.29 is 28.7 Å². The molecule has 2 rings (SSSR count). The SMILES string of the molecule is CC[C@H](C)[C@@H]([C@@H](CC(=O)N1CCC[C@H]1[C@H](OC)[C@@H](C)C(=O)N[C@H](CN)Cc1ccc(NSC)cc1)OC)N(C)C(=O)[C@@H](NC(=O)[C@H](C(C)C)N(C)C)C(C)C. The number of likely N-dealkylation sites (tertiary alicyclic amines) is 1. The van der Waals surface area contributed by atoms with Crippen LogP contribution in [0.4, 0.5) is 5.69 Å². The molecule has 0 aliphatic carbocycles. The second kappa shape index (κ2) is 23.4. The normalized spacial score (nSPS) is 19.0. The highest BCUT2D eigenvalue weighted by Crippen LogP contribution is 2.30. The van der Waals surface area contributed by atoms with Crippen LogP contribution >= 0.6 is 11.9 Å². The van der Waals surface area contributed by atoms with Crippen LogP contribution in [0, 0.1) is 23.7 Å². The molecule has 14 heteroatoms. The minimum absolute atomic E-state index is 0.00865. The van der Waals surface area contributed by atoms with Gasteiger partial charge in [-0.25, -0.2) is 0 Å². The molecule has 0 saturated carbocycles. The molecule has 1 aliphatic heterocycles. The molecule has 0 unspecified atom stereocenters. The summed E-state index contributed by atoms with van der Waals surface area (Å²) in [5.74, 6) is -1.37. The van der Waals surface area contributed by atoms with Gasteiger partial charge in [-0.05, 0) is 68.8 Å². The van der Waals surface area contributed by atoms with E-state index in [4.69, 9.17) is 15.2 Å². The number of benzene rings is 1. The Kier molecular flexibility index (Phi) is 20.5. The van der Waals surface area contributed by atoms with E-state index in [9.17, 15) is 19.2 Å². The number of ether oxygens (including phenoxy) is 2. The van der Waals surface area contributed by atoms with Crippen LogP contribution in [0.3, 0.4) is 0 Å². The first-order valence-corrected chi connectivity index (χ1v) is 21.2. The van der Waals surface area contributed by atoms with E-state index in [0.29, 0.717) is 19.4 Å². The third kappa shape index (κ3) is 13.3. The predicted octanol–water partition coefficient (Wildman–Crippen LogP) is 4.01. The van der Waals surface area contributed by atoms with Gasteiger partial charge in [-0.3, -0.25) is 24.1 Å². The fraction of sp³-hybridized carbons (Fsp3) is 0.756. The molecule has 0 bridgehead atoms. The van der Waals surface area contributed by atoms with E-state index in [0.717, 1.165) is 24.1 Å². The molecule has 0 aromatic heterocycles. The summed E-state index contributed by atoms with van der Waals surface area (Å²) in [6, 6.07) is 5.91. The second-order valence-electron chi connectivity index (χ2n) is 16.1. The molecule has 13 nitrogen and oxygen atoms in total. The topological polar surface area (TPSA) is 159 Å². The Labute approximate surface area is 336 Å². The fourth-order valence-electron chi connectivity index (χ4n) is 8.05. The van der Waals surface area contributed by atoms with Gasteiger partial charge in [0.25, 0.3) is 0 Å². The second-order valence-corrected chi connectivity index (χ2v) is 16.7. The number of nitrogens with zero attached hydrogens (tertiary/aromatic N) is 3. The van der Waals surface area contributed by atoms with E-state index in [1.54, 1.807) is 26.2 Å². The Hall–Kier alpha value is -2.91. The fourth-order valence-corrected chi connectivity index (χ4v) is 8.42.